The van der Waals surface area contributed by atoms with E-state index in [0.29, 0.717) is 6.54 Å². The molecule has 1 amide bonds. The van der Waals surface area contributed by atoms with Crippen LogP contribution in [0.2, 0.25) is 0 Å². The van der Waals surface area contributed by atoms with Crippen molar-refractivity contribution in [1.82, 2.24) is 14.8 Å². The van der Waals surface area contributed by atoms with Gasteiger partial charge in [0.15, 0.2) is 0 Å². The van der Waals surface area contributed by atoms with Crippen molar-refractivity contribution in [2.24, 2.45) is 0 Å². The maximum Gasteiger partial charge on any atom is 0.240 e. The Bertz CT molecular complexity index is 926. The van der Waals surface area contributed by atoms with Crippen molar-refractivity contribution in [3.63, 3.8) is 0 Å². The summed E-state index contributed by atoms with van der Waals surface area (Å²) in [4.78, 5) is 24.7. The summed E-state index contributed by atoms with van der Waals surface area (Å²) >= 11 is 0. The Labute approximate surface area is 198 Å². The number of piperazine rings is 1. The summed E-state index contributed by atoms with van der Waals surface area (Å²) in [7, 11) is 0. The second-order valence-corrected chi connectivity index (χ2v) is 10.0. The summed E-state index contributed by atoms with van der Waals surface area (Å²) < 4.78 is 5.75. The van der Waals surface area contributed by atoms with Gasteiger partial charge in [-0.25, -0.2) is 4.98 Å². The van der Waals surface area contributed by atoms with Crippen LogP contribution in [0.4, 0.5) is 5.82 Å². The van der Waals surface area contributed by atoms with Crippen LogP contribution in [0.25, 0.3) is 0 Å². The van der Waals surface area contributed by atoms with Crippen LogP contribution in [0.3, 0.4) is 0 Å². The summed E-state index contributed by atoms with van der Waals surface area (Å²) in [5, 5.41) is 0. The maximum atomic E-state index is 13.3. The largest absolute Gasteiger partial charge is 0.492 e. The van der Waals surface area contributed by atoms with E-state index in [1.807, 2.05) is 17.2 Å². The average Bonchev–Trinajstić information content (AvgIpc) is 3.15. The molecule has 33 heavy (non-hydrogen) atoms. The third-order valence-electron chi connectivity index (χ3n) is 6.92. The number of hydrogen-bond acceptors (Lipinski definition) is 5. The third-order valence-corrected chi connectivity index (χ3v) is 6.92. The van der Waals surface area contributed by atoms with E-state index in [1.165, 1.54) is 11.1 Å². The average molecular weight is 451 g/mol. The van der Waals surface area contributed by atoms with Gasteiger partial charge in [-0.1, -0.05) is 43.2 Å². The predicted octanol–water partition coefficient (Wildman–Crippen LogP) is 4.27. The molecule has 0 spiro atoms. The number of likely N-dealkylation sites (tertiary alicyclic amines) is 1. The topological polar surface area (TPSA) is 48.9 Å². The van der Waals surface area contributed by atoms with E-state index in [-0.39, 0.29) is 17.5 Å². The van der Waals surface area contributed by atoms with Gasteiger partial charge in [-0.05, 0) is 51.3 Å². The first kappa shape index (κ1) is 23.6. The molecule has 2 aliphatic rings. The Morgan fingerprint density at radius 2 is 1.88 bits per heavy atom. The summed E-state index contributed by atoms with van der Waals surface area (Å²) in [6.07, 6.45) is 4.91. The molecule has 3 heterocycles. The summed E-state index contributed by atoms with van der Waals surface area (Å²) in [5.74, 6) is 2.07. The highest BCUT2D eigenvalue weighted by Crippen LogP contribution is 2.31. The van der Waals surface area contributed by atoms with Crippen molar-refractivity contribution in [1.29, 1.82) is 0 Å². The molecule has 1 aromatic heterocycles. The predicted molar refractivity (Wildman–Crippen MR) is 133 cm³/mol. The van der Waals surface area contributed by atoms with Gasteiger partial charge < -0.3 is 14.5 Å². The quantitative estimate of drug-likeness (QED) is 0.562. The second-order valence-electron chi connectivity index (χ2n) is 10.0. The molecule has 0 saturated carbocycles. The van der Waals surface area contributed by atoms with Gasteiger partial charge >= 0.3 is 0 Å². The molecule has 2 fully saturated rings. The minimum absolute atomic E-state index is 0.0325. The monoisotopic (exact) mass is 450 g/mol. The first-order chi connectivity index (χ1) is 15.9. The molecule has 1 aromatic carbocycles. The van der Waals surface area contributed by atoms with E-state index in [2.05, 4.69) is 72.8 Å². The number of carbonyl (C=O) groups is 1. The van der Waals surface area contributed by atoms with Crippen molar-refractivity contribution in [3.8, 4) is 5.75 Å². The normalized spacial score (nSPS) is 21.0. The lowest BCUT2D eigenvalue weighted by molar-refractivity contribution is -0.134. The number of nitrogens with zero attached hydrogens (tertiary/aromatic N) is 4. The van der Waals surface area contributed by atoms with Crippen molar-refractivity contribution >= 4 is 11.7 Å². The number of carbonyl (C=O) groups excluding carboxylic acids is 1. The number of hydrogen-bond donors (Lipinski definition) is 0. The summed E-state index contributed by atoms with van der Waals surface area (Å²) in [6, 6.07) is 12.5. The van der Waals surface area contributed by atoms with Crippen molar-refractivity contribution in [3.05, 3.63) is 53.7 Å². The molecular formula is C27H38N4O2. The van der Waals surface area contributed by atoms with Crippen molar-refractivity contribution < 1.29 is 9.53 Å². The van der Waals surface area contributed by atoms with Gasteiger partial charge in [0.2, 0.25) is 5.91 Å². The lowest BCUT2D eigenvalue weighted by Gasteiger charge is -2.49. The molecule has 1 atom stereocenters. The zero-order valence-corrected chi connectivity index (χ0v) is 20.6. The fraction of sp³-hybridized carbons (Fsp3) is 0.556. The maximum absolute atomic E-state index is 13.3. The van der Waals surface area contributed by atoms with Crippen LogP contribution in [0, 0.1) is 6.92 Å². The van der Waals surface area contributed by atoms with Crippen LogP contribution in [0.1, 0.15) is 51.2 Å². The zero-order valence-electron chi connectivity index (χ0n) is 20.6. The Morgan fingerprint density at radius 3 is 2.55 bits per heavy atom. The number of amides is 1. The Kier molecular flexibility index (Phi) is 7.23. The summed E-state index contributed by atoms with van der Waals surface area (Å²) in [6.45, 7) is 13.6. The number of rotatable bonds is 8. The second kappa shape index (κ2) is 10.1. The van der Waals surface area contributed by atoms with Gasteiger partial charge in [-0.15, -0.1) is 0 Å². The minimum Gasteiger partial charge on any atom is -0.492 e. The van der Waals surface area contributed by atoms with Gasteiger partial charge in [0, 0.05) is 38.3 Å². The molecule has 0 bridgehead atoms. The highest BCUT2D eigenvalue weighted by molar-refractivity contribution is 5.84. The first-order valence-electron chi connectivity index (χ1n) is 12.3. The Balaban J connectivity index is 1.36. The summed E-state index contributed by atoms with van der Waals surface area (Å²) in [5.41, 5.74) is 2.33. The Morgan fingerprint density at radius 1 is 1.09 bits per heavy atom. The molecule has 2 saturated heterocycles. The number of aromatic nitrogens is 1. The van der Waals surface area contributed by atoms with Crippen LogP contribution in [-0.2, 0) is 11.3 Å². The van der Waals surface area contributed by atoms with Crippen LogP contribution in [0.5, 0.6) is 5.75 Å². The molecule has 4 rings (SSSR count). The number of anilines is 1. The molecule has 178 valence electrons. The molecule has 6 heteroatoms. The van der Waals surface area contributed by atoms with Gasteiger partial charge in [-0.2, -0.15) is 0 Å². The molecule has 0 aliphatic carbocycles. The standard InChI is InChI=1S/C27H38N4O2/c1-5-6-17-33-23-11-12-25(28-18-23)30-15-16-31(27(3,4)20-30)24-13-14-29(26(24)32)19-22-9-7-21(2)8-10-22/h7-12,18,24H,5-6,13-17,19-20H2,1-4H3. The lowest BCUT2D eigenvalue weighted by atomic mass is 9.95. The van der Waals surface area contributed by atoms with Gasteiger partial charge in [0.05, 0.1) is 18.8 Å². The van der Waals surface area contributed by atoms with Crippen LogP contribution in [-0.4, -0.2) is 65.1 Å². The van der Waals surface area contributed by atoms with Gasteiger partial charge in [0.25, 0.3) is 0 Å². The SMILES string of the molecule is CCCCOc1ccc(N2CCN(C3CCN(Cc4ccc(C)cc4)C3=O)C(C)(C)C2)nc1. The van der Waals surface area contributed by atoms with E-state index in [4.69, 9.17) is 4.74 Å². The fourth-order valence-electron chi connectivity index (χ4n) is 5.00. The molecule has 0 radical (unpaired) electrons. The number of benzene rings is 1. The molecule has 2 aliphatic heterocycles. The van der Waals surface area contributed by atoms with Crippen molar-refractivity contribution in [2.45, 2.75) is 65.1 Å². The number of unbranched alkanes of at least 4 members (excludes halogenated alkanes) is 1. The minimum atomic E-state index is -0.115. The van der Waals surface area contributed by atoms with Gasteiger partial charge in [-0.3, -0.25) is 9.69 Å². The first-order valence-corrected chi connectivity index (χ1v) is 12.3. The molecule has 1 unspecified atom stereocenters. The van der Waals surface area contributed by atoms with E-state index >= 15 is 0 Å². The van der Waals surface area contributed by atoms with Crippen molar-refractivity contribution in [2.75, 3.05) is 37.7 Å². The highest BCUT2D eigenvalue weighted by Gasteiger charge is 2.44. The van der Waals surface area contributed by atoms with Crippen LogP contribution in [0.15, 0.2) is 42.6 Å². The van der Waals surface area contributed by atoms with Gasteiger partial charge in [0.1, 0.15) is 11.6 Å². The lowest BCUT2D eigenvalue weighted by Crippen LogP contribution is -2.63. The number of pyridine rings is 1. The smallest absolute Gasteiger partial charge is 0.240 e. The number of aryl methyl sites for hydroxylation is 1. The highest BCUT2D eigenvalue weighted by atomic mass is 16.5. The molecule has 2 aromatic rings. The molecule has 6 nitrogen and oxygen atoms in total. The fourth-order valence-corrected chi connectivity index (χ4v) is 5.00. The van der Waals surface area contributed by atoms with Crippen LogP contribution < -0.4 is 9.64 Å². The van der Waals surface area contributed by atoms with E-state index in [0.717, 1.165) is 63.6 Å². The zero-order chi connectivity index (χ0) is 23.4. The van der Waals surface area contributed by atoms with E-state index in [1.54, 1.807) is 0 Å². The number of ether oxygens (including phenoxy) is 1. The third kappa shape index (κ3) is 5.49. The van der Waals surface area contributed by atoms with E-state index in [9.17, 15) is 4.79 Å². The van der Waals surface area contributed by atoms with Crippen LogP contribution >= 0.6 is 0 Å². The molecular weight excluding hydrogens is 412 g/mol. The Hall–Kier alpha value is -2.60. The van der Waals surface area contributed by atoms with E-state index < -0.39 is 0 Å². The molecule has 0 N–H and O–H groups in total.